The maximum atomic E-state index is 12.5. The lowest BCUT2D eigenvalue weighted by molar-refractivity contribution is -0.115. The van der Waals surface area contributed by atoms with Gasteiger partial charge in [-0.15, -0.1) is 0 Å². The van der Waals surface area contributed by atoms with Crippen LogP contribution in [0.5, 0.6) is 11.5 Å². The molecule has 0 bridgehead atoms. The van der Waals surface area contributed by atoms with Gasteiger partial charge in [-0.05, 0) is 54.8 Å². The van der Waals surface area contributed by atoms with Crippen LogP contribution < -0.4 is 14.8 Å². The molecule has 0 aliphatic carbocycles. The Balaban J connectivity index is 1.39. The zero-order chi connectivity index (χ0) is 19.6. The Morgan fingerprint density at radius 2 is 1.64 bits per heavy atom. The summed E-state index contributed by atoms with van der Waals surface area (Å²) in [5.74, 6) is 1.14. The van der Waals surface area contributed by atoms with Gasteiger partial charge in [0.1, 0.15) is 13.2 Å². The number of fused-ring (bicyclic) bond motifs is 1. The van der Waals surface area contributed by atoms with Gasteiger partial charge in [-0.3, -0.25) is 4.79 Å². The smallest absolute Gasteiger partial charge is 0.243 e. The van der Waals surface area contributed by atoms with Gasteiger partial charge in [-0.2, -0.15) is 4.31 Å². The zero-order valence-corrected chi connectivity index (χ0v) is 16.2. The largest absolute Gasteiger partial charge is 0.486 e. The lowest BCUT2D eigenvalue weighted by Crippen LogP contribution is -2.27. The average molecular weight is 402 g/mol. The van der Waals surface area contributed by atoms with Crippen molar-refractivity contribution in [3.63, 3.8) is 0 Å². The fraction of sp³-hybridized carbons (Fsp3) is 0.350. The molecule has 2 aromatic rings. The van der Waals surface area contributed by atoms with Crippen LogP contribution in [0.1, 0.15) is 18.4 Å². The molecule has 4 rings (SSSR count). The van der Waals surface area contributed by atoms with Gasteiger partial charge in [0.05, 0.1) is 11.3 Å². The first-order valence-electron chi connectivity index (χ1n) is 9.31. The van der Waals surface area contributed by atoms with Crippen LogP contribution in [-0.4, -0.2) is 44.9 Å². The highest BCUT2D eigenvalue weighted by Crippen LogP contribution is 2.31. The summed E-state index contributed by atoms with van der Waals surface area (Å²) in [5, 5.41) is 2.80. The lowest BCUT2D eigenvalue weighted by atomic mass is 10.1. The number of carbonyl (C=O) groups is 1. The predicted molar refractivity (Wildman–Crippen MR) is 104 cm³/mol. The fourth-order valence-corrected chi connectivity index (χ4v) is 4.89. The molecular weight excluding hydrogens is 380 g/mol. The third-order valence-electron chi connectivity index (χ3n) is 4.81. The molecule has 0 atom stereocenters. The predicted octanol–water partition coefficient (Wildman–Crippen LogP) is 2.42. The molecule has 2 aromatic carbocycles. The maximum Gasteiger partial charge on any atom is 0.243 e. The van der Waals surface area contributed by atoms with E-state index >= 15 is 0 Å². The number of amides is 1. The van der Waals surface area contributed by atoms with E-state index in [2.05, 4.69) is 5.32 Å². The minimum Gasteiger partial charge on any atom is -0.486 e. The molecule has 7 nitrogen and oxygen atoms in total. The average Bonchev–Trinajstić information content (AvgIpc) is 3.24. The first-order chi connectivity index (χ1) is 13.5. The molecule has 1 N–H and O–H groups in total. The summed E-state index contributed by atoms with van der Waals surface area (Å²) < 4.78 is 37.6. The van der Waals surface area contributed by atoms with Gasteiger partial charge in [0.15, 0.2) is 11.5 Å². The molecule has 2 aliphatic rings. The Bertz CT molecular complexity index is 967. The van der Waals surface area contributed by atoms with E-state index in [1.807, 2.05) is 6.07 Å². The number of carbonyl (C=O) groups excluding carboxylic acids is 1. The third-order valence-corrected chi connectivity index (χ3v) is 6.73. The zero-order valence-electron chi connectivity index (χ0n) is 15.4. The molecule has 1 fully saturated rings. The number of nitrogens with zero attached hydrogens (tertiary/aromatic N) is 1. The highest BCUT2D eigenvalue weighted by molar-refractivity contribution is 7.89. The molecule has 28 heavy (non-hydrogen) atoms. The molecule has 2 aliphatic heterocycles. The van der Waals surface area contributed by atoms with E-state index in [4.69, 9.17) is 9.47 Å². The number of hydrogen-bond donors (Lipinski definition) is 1. The molecule has 1 amide bonds. The van der Waals surface area contributed by atoms with Gasteiger partial charge in [-0.1, -0.05) is 6.07 Å². The summed E-state index contributed by atoms with van der Waals surface area (Å²) in [6.07, 6.45) is 1.98. The molecular formula is C20H22N2O5S. The highest BCUT2D eigenvalue weighted by Gasteiger charge is 2.26. The van der Waals surface area contributed by atoms with E-state index in [0.29, 0.717) is 43.5 Å². The van der Waals surface area contributed by atoms with Crippen LogP contribution in [0, 0.1) is 0 Å². The molecule has 8 heteroatoms. The monoisotopic (exact) mass is 402 g/mol. The van der Waals surface area contributed by atoms with Gasteiger partial charge in [-0.25, -0.2) is 8.42 Å². The molecule has 0 radical (unpaired) electrons. The summed E-state index contributed by atoms with van der Waals surface area (Å²) in [7, 11) is -3.45. The van der Waals surface area contributed by atoms with Crippen molar-refractivity contribution in [2.24, 2.45) is 0 Å². The maximum absolute atomic E-state index is 12.5. The summed E-state index contributed by atoms with van der Waals surface area (Å²) in [6, 6.07) is 11.7. The minimum absolute atomic E-state index is 0.185. The standard InChI is InChI=1S/C20H22N2O5S/c23-20(14-15-3-8-18-19(13-15)27-12-11-26-18)21-16-4-6-17(7-5-16)28(24,25)22-9-1-2-10-22/h3-8,13H,1-2,9-12,14H2,(H,21,23). The van der Waals surface area contributed by atoms with E-state index in [9.17, 15) is 13.2 Å². The van der Waals surface area contributed by atoms with Gasteiger partial charge >= 0.3 is 0 Å². The quantitative estimate of drug-likeness (QED) is 0.830. The number of sulfonamides is 1. The lowest BCUT2D eigenvalue weighted by Gasteiger charge is -2.18. The molecule has 0 unspecified atom stereocenters. The second-order valence-corrected chi connectivity index (χ2v) is 8.78. The number of hydrogen-bond acceptors (Lipinski definition) is 5. The van der Waals surface area contributed by atoms with Crippen molar-refractivity contribution < 1.29 is 22.7 Å². The number of anilines is 1. The molecule has 1 saturated heterocycles. The third kappa shape index (κ3) is 3.98. The summed E-state index contributed by atoms with van der Waals surface area (Å²) >= 11 is 0. The van der Waals surface area contributed by atoms with Crippen LogP contribution in [0.4, 0.5) is 5.69 Å². The van der Waals surface area contributed by atoms with Crippen molar-refractivity contribution in [1.29, 1.82) is 0 Å². The topological polar surface area (TPSA) is 84.9 Å². The van der Waals surface area contributed by atoms with Crippen molar-refractivity contribution in [2.45, 2.75) is 24.2 Å². The SMILES string of the molecule is O=C(Cc1ccc2c(c1)OCCO2)Nc1ccc(S(=O)(=O)N2CCCC2)cc1. The van der Waals surface area contributed by atoms with Crippen molar-refractivity contribution in [3.05, 3.63) is 48.0 Å². The van der Waals surface area contributed by atoms with E-state index in [-0.39, 0.29) is 17.2 Å². The molecule has 0 spiro atoms. The van der Waals surface area contributed by atoms with Crippen LogP contribution in [0.25, 0.3) is 0 Å². The van der Waals surface area contributed by atoms with Gasteiger partial charge in [0, 0.05) is 18.8 Å². The highest BCUT2D eigenvalue weighted by atomic mass is 32.2. The molecule has 0 saturated carbocycles. The Morgan fingerprint density at radius 1 is 0.964 bits per heavy atom. The number of rotatable bonds is 5. The number of nitrogens with one attached hydrogen (secondary N) is 1. The van der Waals surface area contributed by atoms with E-state index in [0.717, 1.165) is 18.4 Å². The van der Waals surface area contributed by atoms with Crippen LogP contribution >= 0.6 is 0 Å². The summed E-state index contributed by atoms with van der Waals surface area (Å²) in [4.78, 5) is 12.6. The number of ether oxygens (including phenoxy) is 2. The van der Waals surface area contributed by atoms with Crippen LogP contribution in [0.2, 0.25) is 0 Å². The van der Waals surface area contributed by atoms with Crippen molar-refractivity contribution in [3.8, 4) is 11.5 Å². The minimum atomic E-state index is -3.45. The molecule has 148 valence electrons. The Morgan fingerprint density at radius 3 is 2.36 bits per heavy atom. The van der Waals surface area contributed by atoms with Crippen LogP contribution in [0.15, 0.2) is 47.4 Å². The second kappa shape index (κ2) is 7.81. The molecule has 2 heterocycles. The van der Waals surface area contributed by atoms with Crippen LogP contribution in [-0.2, 0) is 21.2 Å². The van der Waals surface area contributed by atoms with Gasteiger partial charge in [0.2, 0.25) is 15.9 Å². The van der Waals surface area contributed by atoms with Crippen molar-refractivity contribution in [1.82, 2.24) is 4.31 Å². The summed E-state index contributed by atoms with van der Waals surface area (Å²) in [6.45, 7) is 2.15. The summed E-state index contributed by atoms with van der Waals surface area (Å²) in [5.41, 5.74) is 1.37. The van der Waals surface area contributed by atoms with Gasteiger partial charge in [0.25, 0.3) is 0 Å². The number of benzene rings is 2. The first kappa shape index (κ1) is 18.8. The van der Waals surface area contributed by atoms with Crippen molar-refractivity contribution >= 4 is 21.6 Å². The Kier molecular flexibility index (Phi) is 5.23. The Labute approximate surface area is 164 Å². The van der Waals surface area contributed by atoms with E-state index in [1.165, 1.54) is 16.4 Å². The molecule has 0 aromatic heterocycles. The van der Waals surface area contributed by atoms with E-state index in [1.54, 1.807) is 24.3 Å². The Hall–Kier alpha value is -2.58. The second-order valence-electron chi connectivity index (χ2n) is 6.84. The first-order valence-corrected chi connectivity index (χ1v) is 10.7. The normalized spacial score (nSPS) is 16.7. The van der Waals surface area contributed by atoms with Crippen molar-refractivity contribution in [2.75, 3.05) is 31.6 Å². The fourth-order valence-electron chi connectivity index (χ4n) is 3.38. The van der Waals surface area contributed by atoms with Gasteiger partial charge < -0.3 is 14.8 Å². The van der Waals surface area contributed by atoms with Crippen LogP contribution in [0.3, 0.4) is 0 Å². The van der Waals surface area contributed by atoms with E-state index < -0.39 is 10.0 Å².